The lowest BCUT2D eigenvalue weighted by Crippen LogP contribution is -2.30. The van der Waals surface area contributed by atoms with Crippen molar-refractivity contribution >= 4 is 15.9 Å². The Morgan fingerprint density at radius 2 is 2.10 bits per heavy atom. The van der Waals surface area contributed by atoms with E-state index in [1.165, 1.54) is 32.1 Å². The number of alkyl halides is 3. The molecule has 1 aliphatic carbocycles. The van der Waals surface area contributed by atoms with Gasteiger partial charge in [-0.25, -0.2) is 8.78 Å². The van der Waals surface area contributed by atoms with Crippen molar-refractivity contribution in [1.82, 2.24) is 14.7 Å². The summed E-state index contributed by atoms with van der Waals surface area (Å²) in [6.07, 6.45) is 5.92. The summed E-state index contributed by atoms with van der Waals surface area (Å²) in [5.41, 5.74) is 0.886. The standard InChI is InChI=1S/C14H22BrF2N3/c15-7-9-19(11-14(16)17)10-12-6-8-20(18-12)13-4-2-1-3-5-13/h6,8,13-14H,1-5,7,9-11H2. The summed E-state index contributed by atoms with van der Waals surface area (Å²) in [5.74, 6) is 0. The maximum absolute atomic E-state index is 12.5. The number of rotatable bonds is 7. The molecule has 2 rings (SSSR count). The summed E-state index contributed by atoms with van der Waals surface area (Å²) < 4.78 is 27.1. The van der Waals surface area contributed by atoms with E-state index in [0.717, 1.165) is 5.69 Å². The first-order valence-electron chi connectivity index (χ1n) is 7.29. The van der Waals surface area contributed by atoms with Crippen molar-refractivity contribution in [3.05, 3.63) is 18.0 Å². The SMILES string of the molecule is FC(F)CN(CCBr)Cc1ccn(C2CCCCC2)n1. The Morgan fingerprint density at radius 3 is 2.75 bits per heavy atom. The fourth-order valence-corrected chi connectivity index (χ4v) is 3.29. The molecule has 3 nitrogen and oxygen atoms in total. The molecular formula is C14H22BrF2N3. The second-order valence-corrected chi connectivity index (χ2v) is 6.19. The number of halogens is 3. The summed E-state index contributed by atoms with van der Waals surface area (Å²) >= 11 is 3.31. The van der Waals surface area contributed by atoms with Gasteiger partial charge in [-0.15, -0.1) is 0 Å². The molecule has 0 atom stereocenters. The molecule has 0 bridgehead atoms. The molecule has 0 spiro atoms. The van der Waals surface area contributed by atoms with Gasteiger partial charge in [0.15, 0.2) is 0 Å². The van der Waals surface area contributed by atoms with E-state index >= 15 is 0 Å². The predicted octanol–water partition coefficient (Wildman–Crippen LogP) is 3.85. The number of hydrogen-bond acceptors (Lipinski definition) is 2. The molecule has 0 amide bonds. The molecule has 0 N–H and O–H groups in total. The molecule has 1 fully saturated rings. The monoisotopic (exact) mass is 349 g/mol. The molecule has 1 aromatic rings. The second kappa shape index (κ2) is 8.08. The van der Waals surface area contributed by atoms with E-state index in [2.05, 4.69) is 21.0 Å². The zero-order chi connectivity index (χ0) is 14.4. The minimum atomic E-state index is -2.30. The van der Waals surface area contributed by atoms with E-state index in [1.807, 2.05) is 16.9 Å². The molecule has 1 aliphatic rings. The van der Waals surface area contributed by atoms with Crippen LogP contribution in [0.5, 0.6) is 0 Å². The van der Waals surface area contributed by atoms with Crippen LogP contribution in [0.4, 0.5) is 8.78 Å². The van der Waals surface area contributed by atoms with Crippen LogP contribution in [-0.4, -0.2) is 39.5 Å². The van der Waals surface area contributed by atoms with E-state index < -0.39 is 6.43 Å². The Bertz CT molecular complexity index is 392. The summed E-state index contributed by atoms with van der Waals surface area (Å²) in [6.45, 7) is 0.915. The Hall–Kier alpha value is -0.490. The highest BCUT2D eigenvalue weighted by Crippen LogP contribution is 2.27. The third kappa shape index (κ3) is 4.81. The minimum absolute atomic E-state index is 0.193. The summed E-state index contributed by atoms with van der Waals surface area (Å²) in [7, 11) is 0. The van der Waals surface area contributed by atoms with Crippen molar-refractivity contribution in [2.75, 3.05) is 18.4 Å². The van der Waals surface area contributed by atoms with Crippen molar-refractivity contribution in [3.63, 3.8) is 0 Å². The summed E-state index contributed by atoms with van der Waals surface area (Å²) in [4.78, 5) is 1.74. The topological polar surface area (TPSA) is 21.1 Å². The molecule has 0 aromatic carbocycles. The van der Waals surface area contributed by atoms with Gasteiger partial charge in [0.05, 0.1) is 18.3 Å². The van der Waals surface area contributed by atoms with Gasteiger partial charge in [-0.1, -0.05) is 35.2 Å². The predicted molar refractivity (Wildman–Crippen MR) is 79.4 cm³/mol. The molecular weight excluding hydrogens is 328 g/mol. The Labute approximate surface area is 127 Å². The first-order valence-corrected chi connectivity index (χ1v) is 8.41. The highest BCUT2D eigenvalue weighted by atomic mass is 79.9. The van der Waals surface area contributed by atoms with Crippen LogP contribution in [0.15, 0.2) is 12.3 Å². The summed E-state index contributed by atoms with van der Waals surface area (Å²) in [5, 5.41) is 5.28. The van der Waals surface area contributed by atoms with Crippen molar-refractivity contribution in [1.29, 1.82) is 0 Å². The number of hydrogen-bond donors (Lipinski definition) is 0. The van der Waals surface area contributed by atoms with Crippen LogP contribution in [0.25, 0.3) is 0 Å². The van der Waals surface area contributed by atoms with Crippen molar-refractivity contribution < 1.29 is 8.78 Å². The van der Waals surface area contributed by atoms with Gasteiger partial charge in [0.2, 0.25) is 0 Å². The maximum Gasteiger partial charge on any atom is 0.251 e. The minimum Gasteiger partial charge on any atom is -0.291 e. The van der Waals surface area contributed by atoms with E-state index in [-0.39, 0.29) is 6.54 Å². The van der Waals surface area contributed by atoms with Crippen LogP contribution in [0.3, 0.4) is 0 Å². The van der Waals surface area contributed by atoms with Gasteiger partial charge in [0, 0.05) is 24.6 Å². The van der Waals surface area contributed by atoms with Gasteiger partial charge in [-0.3, -0.25) is 9.58 Å². The van der Waals surface area contributed by atoms with Crippen LogP contribution < -0.4 is 0 Å². The fourth-order valence-electron chi connectivity index (χ4n) is 2.79. The first kappa shape index (κ1) is 15.9. The molecule has 20 heavy (non-hydrogen) atoms. The lowest BCUT2D eigenvalue weighted by atomic mass is 9.96. The smallest absolute Gasteiger partial charge is 0.251 e. The van der Waals surface area contributed by atoms with E-state index in [0.29, 0.717) is 24.5 Å². The summed E-state index contributed by atoms with van der Waals surface area (Å²) in [6, 6.07) is 2.46. The van der Waals surface area contributed by atoms with Crippen LogP contribution in [0.1, 0.15) is 43.8 Å². The number of nitrogens with zero attached hydrogens (tertiary/aromatic N) is 3. The van der Waals surface area contributed by atoms with E-state index in [1.54, 1.807) is 4.90 Å². The van der Waals surface area contributed by atoms with Gasteiger partial charge in [0.25, 0.3) is 6.43 Å². The van der Waals surface area contributed by atoms with Gasteiger partial charge in [0.1, 0.15) is 0 Å². The Balaban J connectivity index is 1.92. The molecule has 114 valence electrons. The molecule has 1 aromatic heterocycles. The van der Waals surface area contributed by atoms with Crippen molar-refractivity contribution in [2.24, 2.45) is 0 Å². The Kier molecular flexibility index (Phi) is 6.42. The fraction of sp³-hybridized carbons (Fsp3) is 0.786. The molecule has 0 unspecified atom stereocenters. The maximum atomic E-state index is 12.5. The van der Waals surface area contributed by atoms with E-state index in [9.17, 15) is 8.78 Å². The lowest BCUT2D eigenvalue weighted by molar-refractivity contribution is 0.0874. The van der Waals surface area contributed by atoms with Crippen molar-refractivity contribution in [2.45, 2.75) is 51.1 Å². The zero-order valence-corrected chi connectivity index (χ0v) is 13.2. The third-order valence-corrected chi connectivity index (χ3v) is 4.15. The van der Waals surface area contributed by atoms with E-state index in [4.69, 9.17) is 0 Å². The first-order chi connectivity index (χ1) is 9.69. The van der Waals surface area contributed by atoms with Gasteiger partial charge >= 0.3 is 0 Å². The van der Waals surface area contributed by atoms with Crippen LogP contribution >= 0.6 is 15.9 Å². The number of aromatic nitrogens is 2. The molecule has 0 saturated heterocycles. The zero-order valence-electron chi connectivity index (χ0n) is 11.6. The molecule has 1 heterocycles. The molecule has 6 heteroatoms. The molecule has 0 radical (unpaired) electrons. The van der Waals surface area contributed by atoms with Crippen LogP contribution in [0.2, 0.25) is 0 Å². The average Bonchev–Trinajstić information content (AvgIpc) is 2.88. The lowest BCUT2D eigenvalue weighted by Gasteiger charge is -2.22. The molecule has 1 saturated carbocycles. The molecule has 0 aliphatic heterocycles. The average molecular weight is 350 g/mol. The van der Waals surface area contributed by atoms with Crippen LogP contribution in [0, 0.1) is 0 Å². The highest BCUT2D eigenvalue weighted by molar-refractivity contribution is 9.09. The largest absolute Gasteiger partial charge is 0.291 e. The van der Waals surface area contributed by atoms with Gasteiger partial charge < -0.3 is 0 Å². The van der Waals surface area contributed by atoms with Crippen LogP contribution in [-0.2, 0) is 6.54 Å². The second-order valence-electron chi connectivity index (χ2n) is 5.39. The quantitative estimate of drug-likeness (QED) is 0.697. The normalized spacial score (nSPS) is 17.2. The van der Waals surface area contributed by atoms with Gasteiger partial charge in [-0.05, 0) is 18.9 Å². The third-order valence-electron chi connectivity index (χ3n) is 3.79. The highest BCUT2D eigenvalue weighted by Gasteiger charge is 2.17. The Morgan fingerprint density at radius 1 is 1.35 bits per heavy atom. The van der Waals surface area contributed by atoms with Crippen molar-refractivity contribution in [3.8, 4) is 0 Å². The van der Waals surface area contributed by atoms with Gasteiger partial charge in [-0.2, -0.15) is 5.10 Å².